The average Bonchev–Trinajstić information content (AvgIpc) is 2.61. The first-order valence-electron chi connectivity index (χ1n) is 4.71. The van der Waals surface area contributed by atoms with E-state index in [1.165, 1.54) is 11.3 Å². The lowest BCUT2D eigenvalue weighted by Crippen LogP contribution is -1.98. The topological polar surface area (TPSA) is 63.1 Å². The van der Waals surface area contributed by atoms with Crippen LogP contribution in [0.2, 0.25) is 0 Å². The molecule has 0 unspecified atom stereocenters. The van der Waals surface area contributed by atoms with Crippen molar-refractivity contribution in [3.05, 3.63) is 34.6 Å². The van der Waals surface area contributed by atoms with E-state index in [0.29, 0.717) is 0 Å². The van der Waals surface area contributed by atoms with Gasteiger partial charge in [-0.3, -0.25) is 4.98 Å². The van der Waals surface area contributed by atoms with Crippen molar-refractivity contribution < 1.29 is 9.90 Å². The van der Waals surface area contributed by atoms with Crippen LogP contribution in [0.1, 0.15) is 20.9 Å². The Morgan fingerprint density at radius 2 is 2.19 bits per heavy atom. The molecule has 0 aliphatic rings. The Labute approximate surface area is 96.6 Å². The molecule has 16 heavy (non-hydrogen) atoms. The highest BCUT2D eigenvalue weighted by Crippen LogP contribution is 2.29. The summed E-state index contributed by atoms with van der Waals surface area (Å²) in [6.07, 6.45) is 3.42. The number of nitrogens with zero attached hydrogens (tertiary/aromatic N) is 2. The molecule has 4 nitrogen and oxygen atoms in total. The molecule has 0 aliphatic heterocycles. The Morgan fingerprint density at radius 3 is 2.75 bits per heavy atom. The minimum Gasteiger partial charge on any atom is -0.476 e. The number of aromatic nitrogens is 2. The molecule has 2 aromatic heterocycles. The van der Waals surface area contributed by atoms with Gasteiger partial charge in [0.2, 0.25) is 0 Å². The highest BCUT2D eigenvalue weighted by atomic mass is 32.1. The first-order valence-corrected chi connectivity index (χ1v) is 5.53. The van der Waals surface area contributed by atoms with Crippen molar-refractivity contribution in [2.45, 2.75) is 13.8 Å². The first kappa shape index (κ1) is 10.8. The monoisotopic (exact) mass is 234 g/mol. The molecule has 0 radical (unpaired) electrons. The van der Waals surface area contributed by atoms with Crippen molar-refractivity contribution >= 4 is 17.3 Å². The molecule has 0 spiro atoms. The molecule has 0 aromatic carbocycles. The zero-order chi connectivity index (χ0) is 11.7. The summed E-state index contributed by atoms with van der Waals surface area (Å²) in [6.45, 7) is 3.70. The second kappa shape index (κ2) is 4.02. The van der Waals surface area contributed by atoms with Crippen molar-refractivity contribution in [3.8, 4) is 10.6 Å². The van der Waals surface area contributed by atoms with Crippen LogP contribution < -0.4 is 0 Å². The van der Waals surface area contributed by atoms with Crippen LogP contribution in [0.25, 0.3) is 10.6 Å². The Kier molecular flexibility index (Phi) is 2.70. The van der Waals surface area contributed by atoms with Gasteiger partial charge in [-0.2, -0.15) is 0 Å². The van der Waals surface area contributed by atoms with Gasteiger partial charge < -0.3 is 5.11 Å². The van der Waals surface area contributed by atoms with E-state index < -0.39 is 5.97 Å². The van der Waals surface area contributed by atoms with E-state index in [2.05, 4.69) is 9.97 Å². The van der Waals surface area contributed by atoms with Gasteiger partial charge >= 0.3 is 5.97 Å². The largest absolute Gasteiger partial charge is 0.476 e. The van der Waals surface area contributed by atoms with E-state index in [-0.39, 0.29) is 5.69 Å². The lowest BCUT2D eigenvalue weighted by Gasteiger charge is -1.99. The summed E-state index contributed by atoms with van der Waals surface area (Å²) in [5.74, 6) is -0.980. The maximum Gasteiger partial charge on any atom is 0.355 e. The van der Waals surface area contributed by atoms with E-state index in [0.717, 1.165) is 21.0 Å². The molecule has 0 amide bonds. The molecule has 1 N–H and O–H groups in total. The third-order valence-corrected chi connectivity index (χ3v) is 3.25. The molecule has 5 heteroatoms. The fourth-order valence-corrected chi connectivity index (χ4v) is 2.42. The fraction of sp³-hybridized carbons (Fsp3) is 0.182. The molecule has 0 bridgehead atoms. The molecule has 0 saturated carbocycles. The third-order valence-electron chi connectivity index (χ3n) is 2.25. The molecule has 2 aromatic rings. The number of thiazole rings is 1. The summed E-state index contributed by atoms with van der Waals surface area (Å²) < 4.78 is 0. The van der Waals surface area contributed by atoms with Gasteiger partial charge in [0.1, 0.15) is 5.01 Å². The second-order valence-corrected chi connectivity index (χ2v) is 4.62. The molecule has 0 aliphatic carbocycles. The van der Waals surface area contributed by atoms with Gasteiger partial charge in [-0.1, -0.05) is 0 Å². The molecule has 2 heterocycles. The lowest BCUT2D eigenvalue weighted by atomic mass is 10.2. The van der Waals surface area contributed by atoms with Gasteiger partial charge in [-0.05, 0) is 25.5 Å². The minimum atomic E-state index is -0.980. The van der Waals surface area contributed by atoms with E-state index >= 15 is 0 Å². The van der Waals surface area contributed by atoms with Crippen molar-refractivity contribution in [2.75, 3.05) is 0 Å². The Hall–Kier alpha value is -1.75. The zero-order valence-electron chi connectivity index (χ0n) is 8.89. The summed E-state index contributed by atoms with van der Waals surface area (Å²) in [6, 6.07) is 1.85. The van der Waals surface area contributed by atoms with Crippen LogP contribution in [0.15, 0.2) is 18.5 Å². The highest BCUT2D eigenvalue weighted by molar-refractivity contribution is 7.15. The van der Waals surface area contributed by atoms with E-state index in [9.17, 15) is 4.79 Å². The van der Waals surface area contributed by atoms with Gasteiger partial charge in [0.05, 0.1) is 0 Å². The zero-order valence-corrected chi connectivity index (χ0v) is 9.71. The predicted molar refractivity (Wildman–Crippen MR) is 61.8 cm³/mol. The summed E-state index contributed by atoms with van der Waals surface area (Å²) >= 11 is 1.39. The number of aryl methyl sites for hydroxylation is 2. The number of carbonyl (C=O) groups is 1. The Balaban J connectivity index is 2.54. The fourth-order valence-electron chi connectivity index (χ4n) is 1.42. The first-order chi connectivity index (χ1) is 7.59. The lowest BCUT2D eigenvalue weighted by molar-refractivity contribution is 0.0690. The molecule has 2 rings (SSSR count). The van der Waals surface area contributed by atoms with Crippen molar-refractivity contribution in [3.63, 3.8) is 0 Å². The van der Waals surface area contributed by atoms with Crippen LogP contribution in [0, 0.1) is 13.8 Å². The number of rotatable bonds is 2. The maximum atomic E-state index is 10.9. The molecule has 0 atom stereocenters. The van der Waals surface area contributed by atoms with Crippen LogP contribution in [-0.4, -0.2) is 21.0 Å². The average molecular weight is 234 g/mol. The van der Waals surface area contributed by atoms with E-state index in [1.807, 2.05) is 13.0 Å². The molecular formula is C11H10N2O2S. The number of carboxylic acids is 1. The summed E-state index contributed by atoms with van der Waals surface area (Å²) in [5.41, 5.74) is 2.07. The van der Waals surface area contributed by atoms with Gasteiger partial charge in [0.15, 0.2) is 5.69 Å². The molecule has 0 saturated heterocycles. The van der Waals surface area contributed by atoms with E-state index in [1.54, 1.807) is 19.3 Å². The minimum absolute atomic E-state index is 0.135. The summed E-state index contributed by atoms with van der Waals surface area (Å²) in [4.78, 5) is 19.7. The molecular weight excluding hydrogens is 224 g/mol. The SMILES string of the molecule is Cc1cnccc1-c1nc(C(=O)O)c(C)s1. The van der Waals surface area contributed by atoms with Crippen LogP contribution >= 0.6 is 11.3 Å². The van der Waals surface area contributed by atoms with Crippen molar-refractivity contribution in [2.24, 2.45) is 0 Å². The second-order valence-electron chi connectivity index (χ2n) is 3.42. The maximum absolute atomic E-state index is 10.9. The summed E-state index contributed by atoms with van der Waals surface area (Å²) in [7, 11) is 0. The number of carboxylic acid groups (broad SMARTS) is 1. The van der Waals surface area contributed by atoms with Gasteiger partial charge in [-0.25, -0.2) is 9.78 Å². The Morgan fingerprint density at radius 1 is 1.44 bits per heavy atom. The number of pyridine rings is 1. The highest BCUT2D eigenvalue weighted by Gasteiger charge is 2.15. The molecule has 0 fully saturated rings. The van der Waals surface area contributed by atoms with Gasteiger partial charge in [-0.15, -0.1) is 11.3 Å². The number of hydrogen-bond acceptors (Lipinski definition) is 4. The third kappa shape index (κ3) is 1.81. The van der Waals surface area contributed by atoms with Crippen molar-refractivity contribution in [1.29, 1.82) is 0 Å². The quantitative estimate of drug-likeness (QED) is 0.867. The normalized spacial score (nSPS) is 10.4. The van der Waals surface area contributed by atoms with E-state index in [4.69, 9.17) is 5.11 Å². The van der Waals surface area contributed by atoms with Crippen LogP contribution in [-0.2, 0) is 0 Å². The van der Waals surface area contributed by atoms with Gasteiger partial charge in [0.25, 0.3) is 0 Å². The van der Waals surface area contributed by atoms with Crippen molar-refractivity contribution in [1.82, 2.24) is 9.97 Å². The number of hydrogen-bond donors (Lipinski definition) is 1. The summed E-state index contributed by atoms with van der Waals surface area (Å²) in [5, 5.41) is 9.66. The van der Waals surface area contributed by atoms with Crippen LogP contribution in [0.4, 0.5) is 0 Å². The smallest absolute Gasteiger partial charge is 0.355 e. The predicted octanol–water partition coefficient (Wildman–Crippen LogP) is 2.52. The van der Waals surface area contributed by atoms with Gasteiger partial charge in [0, 0.05) is 22.8 Å². The van der Waals surface area contributed by atoms with Crippen LogP contribution in [0.5, 0.6) is 0 Å². The molecule has 82 valence electrons. The Bertz CT molecular complexity index is 549. The van der Waals surface area contributed by atoms with Crippen LogP contribution in [0.3, 0.4) is 0 Å². The number of aromatic carboxylic acids is 1. The standard InChI is InChI=1S/C11H10N2O2S/c1-6-5-12-4-3-8(6)10-13-9(11(14)15)7(2)16-10/h3-5H,1-2H3,(H,14,15).